The summed E-state index contributed by atoms with van der Waals surface area (Å²) in [4.78, 5) is 29.3. The lowest BCUT2D eigenvalue weighted by atomic mass is 10.0. The number of anilines is 1. The summed E-state index contributed by atoms with van der Waals surface area (Å²) in [6, 6.07) is 14.7. The molecule has 0 spiro atoms. The fourth-order valence-corrected chi connectivity index (χ4v) is 2.77. The van der Waals surface area contributed by atoms with Gasteiger partial charge in [-0.1, -0.05) is 35.5 Å². The third-order valence-corrected chi connectivity index (χ3v) is 4.15. The molecule has 1 amide bonds. The quantitative estimate of drug-likeness (QED) is 0.796. The molecule has 25 heavy (non-hydrogen) atoms. The zero-order valence-electron chi connectivity index (χ0n) is 13.4. The molecule has 0 saturated heterocycles. The highest BCUT2D eigenvalue weighted by Gasteiger charge is 2.27. The molecule has 0 aliphatic carbocycles. The van der Waals surface area contributed by atoms with Crippen molar-refractivity contribution in [2.45, 2.75) is 12.5 Å². The van der Waals surface area contributed by atoms with Gasteiger partial charge in [-0.05, 0) is 17.7 Å². The van der Waals surface area contributed by atoms with Gasteiger partial charge in [0, 0.05) is 25.2 Å². The number of carbonyl (C=O) groups excluding carboxylic acids is 1. The predicted molar refractivity (Wildman–Crippen MR) is 92.4 cm³/mol. The van der Waals surface area contributed by atoms with Crippen LogP contribution >= 0.6 is 0 Å². The zero-order valence-corrected chi connectivity index (χ0v) is 13.4. The van der Waals surface area contributed by atoms with E-state index in [2.05, 4.69) is 10.5 Å². The Hall–Kier alpha value is -3.35. The first kappa shape index (κ1) is 15.2. The molecule has 1 aliphatic heterocycles. The van der Waals surface area contributed by atoms with Gasteiger partial charge in [-0.3, -0.25) is 9.36 Å². The third-order valence-electron chi connectivity index (χ3n) is 4.15. The van der Waals surface area contributed by atoms with Gasteiger partial charge in [0.05, 0.1) is 5.52 Å². The van der Waals surface area contributed by atoms with E-state index in [-0.39, 0.29) is 12.0 Å². The summed E-state index contributed by atoms with van der Waals surface area (Å²) in [5.41, 5.74) is 2.90. The Morgan fingerprint density at radius 3 is 2.84 bits per heavy atom. The molecule has 7 nitrogen and oxygen atoms in total. The number of amides is 1. The lowest BCUT2D eigenvalue weighted by Gasteiger charge is -2.07. The molecular weight excluding hydrogens is 322 g/mol. The van der Waals surface area contributed by atoms with Crippen LogP contribution in [-0.4, -0.2) is 16.2 Å². The van der Waals surface area contributed by atoms with E-state index < -0.39 is 5.76 Å². The molecule has 2 aromatic carbocycles. The van der Waals surface area contributed by atoms with Crippen LogP contribution in [0.5, 0.6) is 0 Å². The van der Waals surface area contributed by atoms with Crippen LogP contribution < -0.4 is 11.1 Å². The predicted octanol–water partition coefficient (Wildman–Crippen LogP) is 2.59. The van der Waals surface area contributed by atoms with Gasteiger partial charge in [0.2, 0.25) is 0 Å². The molecule has 0 bridgehead atoms. The van der Waals surface area contributed by atoms with Crippen molar-refractivity contribution in [3.63, 3.8) is 0 Å². The van der Waals surface area contributed by atoms with Crippen LogP contribution in [0.2, 0.25) is 0 Å². The van der Waals surface area contributed by atoms with E-state index in [4.69, 9.17) is 9.25 Å². The monoisotopic (exact) mass is 337 g/mol. The van der Waals surface area contributed by atoms with E-state index in [0.717, 1.165) is 5.56 Å². The molecular formula is C18H15N3O4. The molecule has 0 unspecified atom stereocenters. The van der Waals surface area contributed by atoms with Gasteiger partial charge >= 0.3 is 5.76 Å². The molecule has 1 aliphatic rings. The minimum atomic E-state index is -0.447. The molecule has 1 N–H and O–H groups in total. The molecule has 1 atom stereocenters. The molecule has 126 valence electrons. The topological polar surface area (TPSA) is 85.8 Å². The lowest BCUT2D eigenvalue weighted by molar-refractivity contribution is -0.110. The molecule has 1 aromatic heterocycles. The van der Waals surface area contributed by atoms with Gasteiger partial charge in [0.15, 0.2) is 11.7 Å². The Kier molecular flexibility index (Phi) is 3.61. The number of nitrogens with zero attached hydrogens (tertiary/aromatic N) is 2. The molecule has 3 aromatic rings. The first-order valence-electron chi connectivity index (χ1n) is 7.80. The minimum Gasteiger partial charge on any atom is -0.408 e. The van der Waals surface area contributed by atoms with E-state index in [9.17, 15) is 9.59 Å². The number of carbonyl (C=O) groups is 1. The van der Waals surface area contributed by atoms with Gasteiger partial charge in [0.25, 0.3) is 5.91 Å². The smallest absolute Gasteiger partial charge is 0.408 e. The number of benzene rings is 2. The number of fused-ring (bicyclic) bond motifs is 1. The van der Waals surface area contributed by atoms with E-state index in [0.29, 0.717) is 28.9 Å². The number of nitrogens with one attached hydrogen (secondary N) is 1. The molecule has 0 radical (unpaired) electrons. The van der Waals surface area contributed by atoms with Crippen molar-refractivity contribution in [1.82, 2.24) is 4.57 Å². The largest absolute Gasteiger partial charge is 0.419 e. The first-order chi connectivity index (χ1) is 12.1. The number of oxazole rings is 1. The van der Waals surface area contributed by atoms with Crippen molar-refractivity contribution in [3.8, 4) is 0 Å². The number of rotatable bonds is 3. The first-order valence-corrected chi connectivity index (χ1v) is 7.80. The van der Waals surface area contributed by atoms with Crippen molar-refractivity contribution in [2.75, 3.05) is 5.32 Å². The van der Waals surface area contributed by atoms with Crippen LogP contribution in [0.1, 0.15) is 18.1 Å². The van der Waals surface area contributed by atoms with Gasteiger partial charge < -0.3 is 14.6 Å². The second kappa shape index (κ2) is 5.94. The van der Waals surface area contributed by atoms with Crippen LogP contribution in [-0.2, 0) is 16.7 Å². The average Bonchev–Trinajstić information content (AvgIpc) is 3.22. The summed E-state index contributed by atoms with van der Waals surface area (Å²) < 4.78 is 6.53. The summed E-state index contributed by atoms with van der Waals surface area (Å²) >= 11 is 0. The molecule has 7 heteroatoms. The fourth-order valence-electron chi connectivity index (χ4n) is 2.77. The molecule has 0 saturated carbocycles. The van der Waals surface area contributed by atoms with Crippen molar-refractivity contribution < 1.29 is 14.0 Å². The second-order valence-electron chi connectivity index (χ2n) is 5.81. The van der Waals surface area contributed by atoms with Crippen LogP contribution in [0.25, 0.3) is 11.1 Å². The lowest BCUT2D eigenvalue weighted by Crippen LogP contribution is -2.21. The summed E-state index contributed by atoms with van der Waals surface area (Å²) in [7, 11) is 1.63. The maximum absolute atomic E-state index is 12.4. The average molecular weight is 337 g/mol. The Balaban J connectivity index is 1.48. The normalized spacial score (nSPS) is 16.5. The number of oxime groups is 1. The van der Waals surface area contributed by atoms with Crippen molar-refractivity contribution in [2.24, 2.45) is 12.2 Å². The van der Waals surface area contributed by atoms with Crippen LogP contribution in [0.3, 0.4) is 0 Å². The van der Waals surface area contributed by atoms with Gasteiger partial charge in [-0.15, -0.1) is 0 Å². The van der Waals surface area contributed by atoms with Crippen molar-refractivity contribution in [1.29, 1.82) is 0 Å². The maximum Gasteiger partial charge on any atom is 0.419 e. The van der Waals surface area contributed by atoms with E-state index >= 15 is 0 Å². The highest BCUT2D eigenvalue weighted by Crippen LogP contribution is 2.27. The van der Waals surface area contributed by atoms with Crippen LogP contribution in [0.15, 0.2) is 62.9 Å². The summed E-state index contributed by atoms with van der Waals surface area (Å²) in [5, 5.41) is 6.65. The molecule has 0 fully saturated rings. The third kappa shape index (κ3) is 2.80. The van der Waals surface area contributed by atoms with E-state index in [1.165, 1.54) is 4.57 Å². The Morgan fingerprint density at radius 1 is 1.24 bits per heavy atom. The van der Waals surface area contributed by atoms with Gasteiger partial charge in [0.1, 0.15) is 5.71 Å². The number of aryl methyl sites for hydroxylation is 1. The number of hydrogen-bond donors (Lipinski definition) is 1. The summed E-state index contributed by atoms with van der Waals surface area (Å²) in [6.07, 6.45) is 0.148. The van der Waals surface area contributed by atoms with E-state index in [1.807, 2.05) is 30.3 Å². The number of hydrogen-bond acceptors (Lipinski definition) is 5. The minimum absolute atomic E-state index is 0.253. The molecule has 4 rings (SSSR count). The summed E-state index contributed by atoms with van der Waals surface area (Å²) in [6.45, 7) is 0. The second-order valence-corrected chi connectivity index (χ2v) is 5.81. The van der Waals surface area contributed by atoms with Gasteiger partial charge in [-0.2, -0.15) is 0 Å². The summed E-state index contributed by atoms with van der Waals surface area (Å²) in [5.74, 6) is -0.784. The zero-order chi connectivity index (χ0) is 17.4. The van der Waals surface area contributed by atoms with Gasteiger partial charge in [-0.25, -0.2) is 4.79 Å². The van der Waals surface area contributed by atoms with Crippen molar-refractivity contribution >= 4 is 28.4 Å². The Bertz CT molecular complexity index is 1030. The van der Waals surface area contributed by atoms with Crippen LogP contribution in [0, 0.1) is 0 Å². The highest BCUT2D eigenvalue weighted by atomic mass is 16.6. The molecule has 2 heterocycles. The number of aromatic nitrogens is 1. The fraction of sp³-hybridized carbons (Fsp3) is 0.167. The van der Waals surface area contributed by atoms with Crippen LogP contribution in [0.4, 0.5) is 5.69 Å². The standard InChI is InChI=1S/C18H15N3O4/c1-21-14-8-7-12(9-16(14)24-18(21)23)19-17(22)13-10-15(25-20-13)11-5-3-2-4-6-11/h2-9,15H,10H2,1H3,(H,19,22)/t15-/m0/s1. The SMILES string of the molecule is Cn1c(=O)oc2cc(NC(=O)C3=NO[C@H](c4ccccc4)C3)ccc21. The maximum atomic E-state index is 12.4. The van der Waals surface area contributed by atoms with E-state index in [1.54, 1.807) is 25.2 Å². The Morgan fingerprint density at radius 2 is 2.04 bits per heavy atom. The Labute approximate surface area is 142 Å². The van der Waals surface area contributed by atoms with Crippen molar-refractivity contribution in [3.05, 3.63) is 64.6 Å². The highest BCUT2D eigenvalue weighted by molar-refractivity contribution is 6.43.